The third-order valence-corrected chi connectivity index (χ3v) is 3.14. The van der Waals surface area contributed by atoms with Crippen LogP contribution in [0.25, 0.3) is 0 Å². The average Bonchev–Trinajstić information content (AvgIpc) is 2.53. The highest BCUT2D eigenvalue weighted by molar-refractivity contribution is 7.85. The van der Waals surface area contributed by atoms with Crippen LogP contribution in [-0.2, 0) is 14.9 Å². The van der Waals surface area contributed by atoms with Crippen LogP contribution in [0.1, 0.15) is 10.4 Å². The number of ketones is 1. The number of benzene rings is 1. The van der Waals surface area contributed by atoms with Crippen LogP contribution in [0, 0.1) is 0 Å². The van der Waals surface area contributed by atoms with E-state index in [0.717, 1.165) is 5.01 Å². The van der Waals surface area contributed by atoms with Gasteiger partial charge in [-0.15, -0.1) is 0 Å². The zero-order chi connectivity index (χ0) is 13.3. The van der Waals surface area contributed by atoms with Crippen molar-refractivity contribution in [3.63, 3.8) is 0 Å². The van der Waals surface area contributed by atoms with Crippen molar-refractivity contribution >= 4 is 27.5 Å². The highest BCUT2D eigenvalue weighted by Gasteiger charge is 2.35. The van der Waals surface area contributed by atoms with Gasteiger partial charge in [-0.3, -0.25) is 14.1 Å². The van der Waals surface area contributed by atoms with Gasteiger partial charge in [0.2, 0.25) is 0 Å². The molecule has 0 radical (unpaired) electrons. The van der Waals surface area contributed by atoms with Gasteiger partial charge in [-0.1, -0.05) is 12.1 Å². The quantitative estimate of drug-likeness (QED) is 0.570. The van der Waals surface area contributed by atoms with Crippen LogP contribution in [0.5, 0.6) is 0 Å². The largest absolute Gasteiger partial charge is 0.313 e. The summed E-state index contributed by atoms with van der Waals surface area (Å²) in [4.78, 5) is 23.2. The highest BCUT2D eigenvalue weighted by atomic mass is 32.2. The first-order chi connectivity index (χ1) is 8.40. The zero-order valence-electron chi connectivity index (χ0n) is 9.16. The highest BCUT2D eigenvalue weighted by Crippen LogP contribution is 2.26. The van der Waals surface area contributed by atoms with E-state index < -0.39 is 27.6 Å². The molecule has 8 heteroatoms. The van der Waals surface area contributed by atoms with Crippen LogP contribution in [0.2, 0.25) is 0 Å². The Balaban J connectivity index is 2.15. The monoisotopic (exact) mass is 270 g/mol. The van der Waals surface area contributed by atoms with Crippen LogP contribution in [0.4, 0.5) is 5.69 Å². The second-order valence-corrected chi connectivity index (χ2v) is 5.25. The topological polar surface area (TPSA) is 104 Å². The van der Waals surface area contributed by atoms with Gasteiger partial charge < -0.3 is 0 Å². The van der Waals surface area contributed by atoms with Gasteiger partial charge in [0.1, 0.15) is 0 Å². The number of fused-ring (bicyclic) bond motifs is 1. The summed E-state index contributed by atoms with van der Waals surface area (Å²) < 4.78 is 29.6. The number of nitrogens with one attached hydrogen (secondary N) is 1. The minimum absolute atomic E-state index is 0.174. The van der Waals surface area contributed by atoms with E-state index in [-0.39, 0.29) is 12.1 Å². The van der Waals surface area contributed by atoms with Gasteiger partial charge in [0.25, 0.3) is 15.9 Å². The first-order valence-corrected chi connectivity index (χ1v) is 6.67. The number of rotatable bonds is 4. The maximum absolute atomic E-state index is 11.6. The fraction of sp³-hybridized carbons (Fsp3) is 0.200. The van der Waals surface area contributed by atoms with Crippen molar-refractivity contribution in [2.45, 2.75) is 0 Å². The summed E-state index contributed by atoms with van der Waals surface area (Å²) >= 11 is 0. The number of amides is 1. The van der Waals surface area contributed by atoms with E-state index in [4.69, 9.17) is 4.55 Å². The van der Waals surface area contributed by atoms with Gasteiger partial charge in [0.15, 0.2) is 0 Å². The van der Waals surface area contributed by atoms with Gasteiger partial charge in [-0.25, -0.2) is 10.4 Å². The summed E-state index contributed by atoms with van der Waals surface area (Å²) in [5.74, 6) is -1.97. The summed E-state index contributed by atoms with van der Waals surface area (Å²) in [5, 5.41) is 0.989. The number of Topliss-reactive ketones (excluding diaryl/α,β-unsaturated/α-hetero) is 1. The standard InChI is InChI=1S/C10H10N2O5S/c13-9-7-3-1-2-4-8(7)12(10(9)14)11-5-6-18(15,16)17/h1-4,11H,5-6H2,(H,15,16,17). The van der Waals surface area contributed by atoms with Crippen LogP contribution in [-0.4, -0.2) is 37.0 Å². The molecule has 1 aliphatic heterocycles. The van der Waals surface area contributed by atoms with Gasteiger partial charge in [0.05, 0.1) is 17.0 Å². The number of nitrogens with zero attached hydrogens (tertiary/aromatic N) is 1. The fourth-order valence-corrected chi connectivity index (χ4v) is 1.98. The molecule has 1 aliphatic rings. The molecular weight excluding hydrogens is 260 g/mol. The molecular formula is C10H10N2O5S. The summed E-state index contributed by atoms with van der Waals surface area (Å²) in [5.41, 5.74) is 3.14. The molecule has 96 valence electrons. The molecule has 1 aromatic carbocycles. The van der Waals surface area contributed by atoms with Gasteiger partial charge in [-0.2, -0.15) is 8.42 Å². The Hall–Kier alpha value is -1.77. The van der Waals surface area contributed by atoms with Crippen LogP contribution in [0.3, 0.4) is 0 Å². The van der Waals surface area contributed by atoms with Crippen molar-refractivity contribution in [2.75, 3.05) is 17.3 Å². The van der Waals surface area contributed by atoms with E-state index >= 15 is 0 Å². The first-order valence-electron chi connectivity index (χ1n) is 5.06. The minimum Gasteiger partial charge on any atom is -0.286 e. The minimum atomic E-state index is -4.11. The van der Waals surface area contributed by atoms with Crippen molar-refractivity contribution in [1.82, 2.24) is 5.43 Å². The lowest BCUT2D eigenvalue weighted by molar-refractivity contribution is -0.114. The lowest BCUT2D eigenvalue weighted by Gasteiger charge is -2.16. The molecule has 0 spiro atoms. The second kappa shape index (κ2) is 4.48. The summed E-state index contributed by atoms with van der Waals surface area (Å²) in [6, 6.07) is 6.37. The molecule has 1 heterocycles. The number of carbonyl (C=O) groups is 2. The van der Waals surface area contributed by atoms with E-state index in [1.807, 2.05) is 0 Å². The van der Waals surface area contributed by atoms with Crippen LogP contribution >= 0.6 is 0 Å². The maximum Gasteiger partial charge on any atom is 0.313 e. The lowest BCUT2D eigenvalue weighted by atomic mass is 10.1. The predicted molar refractivity (Wildman–Crippen MR) is 62.7 cm³/mol. The Bertz CT molecular complexity index is 610. The molecule has 0 saturated carbocycles. The molecule has 0 aromatic heterocycles. The Morgan fingerprint density at radius 2 is 1.89 bits per heavy atom. The van der Waals surface area contributed by atoms with E-state index in [2.05, 4.69) is 5.43 Å². The van der Waals surface area contributed by atoms with Crippen molar-refractivity contribution in [3.8, 4) is 0 Å². The molecule has 1 aromatic rings. The number of hydrogen-bond donors (Lipinski definition) is 2. The molecule has 0 atom stereocenters. The molecule has 0 unspecified atom stereocenters. The Labute approximate surface area is 103 Å². The predicted octanol–water partition coefficient (Wildman–Crippen LogP) is -0.392. The van der Waals surface area contributed by atoms with Crippen molar-refractivity contribution in [1.29, 1.82) is 0 Å². The Morgan fingerprint density at radius 3 is 2.56 bits per heavy atom. The first kappa shape index (κ1) is 12.7. The van der Waals surface area contributed by atoms with Gasteiger partial charge in [-0.05, 0) is 12.1 Å². The summed E-state index contributed by atoms with van der Waals surface area (Å²) in [6.07, 6.45) is 0. The molecule has 0 aliphatic carbocycles. The number of hydrazine groups is 1. The van der Waals surface area contributed by atoms with E-state index in [1.54, 1.807) is 18.2 Å². The Kier molecular flexibility index (Phi) is 3.16. The smallest absolute Gasteiger partial charge is 0.286 e. The SMILES string of the molecule is O=C1C(=O)N(NCCS(=O)(=O)O)c2ccccc21. The molecule has 2 rings (SSSR count). The van der Waals surface area contributed by atoms with Crippen molar-refractivity contribution < 1.29 is 22.6 Å². The van der Waals surface area contributed by atoms with E-state index in [9.17, 15) is 18.0 Å². The van der Waals surface area contributed by atoms with Crippen LogP contribution in [0.15, 0.2) is 24.3 Å². The number of hydrogen-bond acceptors (Lipinski definition) is 5. The number of anilines is 1. The third kappa shape index (κ3) is 2.40. The van der Waals surface area contributed by atoms with Crippen molar-refractivity contribution in [2.24, 2.45) is 0 Å². The Morgan fingerprint density at radius 1 is 1.22 bits per heavy atom. The molecule has 1 amide bonds. The van der Waals surface area contributed by atoms with Gasteiger partial charge in [0, 0.05) is 6.54 Å². The zero-order valence-corrected chi connectivity index (χ0v) is 9.98. The second-order valence-electron chi connectivity index (χ2n) is 3.68. The molecule has 7 nitrogen and oxygen atoms in total. The average molecular weight is 270 g/mol. The molecule has 0 bridgehead atoms. The fourth-order valence-electron chi connectivity index (χ4n) is 1.63. The normalized spacial score (nSPS) is 15.1. The van der Waals surface area contributed by atoms with Gasteiger partial charge >= 0.3 is 5.91 Å². The third-order valence-electron chi connectivity index (χ3n) is 2.42. The van der Waals surface area contributed by atoms with Crippen molar-refractivity contribution in [3.05, 3.63) is 29.8 Å². The lowest BCUT2D eigenvalue weighted by Crippen LogP contribution is -2.44. The molecule has 0 fully saturated rings. The summed E-state index contributed by atoms with van der Waals surface area (Å²) in [7, 11) is -4.11. The number of para-hydroxylation sites is 1. The van der Waals surface area contributed by atoms with Crippen LogP contribution < -0.4 is 10.4 Å². The maximum atomic E-state index is 11.6. The molecule has 2 N–H and O–H groups in total. The van der Waals surface area contributed by atoms with E-state index in [0.29, 0.717) is 5.69 Å². The molecule has 18 heavy (non-hydrogen) atoms. The summed E-state index contributed by atoms with van der Waals surface area (Å²) in [6.45, 7) is -0.174. The number of carbonyl (C=O) groups excluding carboxylic acids is 2. The molecule has 0 saturated heterocycles. The van der Waals surface area contributed by atoms with E-state index in [1.165, 1.54) is 6.07 Å².